The Kier molecular flexibility index (Phi) is 6.25. The van der Waals surface area contributed by atoms with Gasteiger partial charge >= 0.3 is 5.97 Å². The molecule has 1 aliphatic heterocycles. The Morgan fingerprint density at radius 3 is 2.36 bits per heavy atom. The Bertz CT molecular complexity index is 1460. The molecule has 3 aromatic carbocycles. The average molecular weight is 486 g/mol. The molecule has 1 aromatic heterocycles. The third kappa shape index (κ3) is 3.90. The van der Waals surface area contributed by atoms with E-state index in [2.05, 4.69) is 5.32 Å². The molecule has 1 aliphatic rings. The quantitative estimate of drug-likeness (QED) is 0.367. The van der Waals surface area contributed by atoms with E-state index in [1.807, 2.05) is 71.3 Å². The van der Waals surface area contributed by atoms with Gasteiger partial charge < -0.3 is 24.3 Å². The number of aromatic nitrogens is 2. The van der Waals surface area contributed by atoms with Gasteiger partial charge in [-0.2, -0.15) is 0 Å². The van der Waals surface area contributed by atoms with Crippen LogP contribution in [0.2, 0.25) is 0 Å². The first-order chi connectivity index (χ1) is 17.6. The average Bonchev–Trinajstić information content (AvgIpc) is 3.30. The van der Waals surface area contributed by atoms with Crippen LogP contribution in [-0.2, 0) is 9.53 Å². The van der Waals surface area contributed by atoms with Crippen LogP contribution in [0.4, 0.5) is 5.95 Å². The van der Waals surface area contributed by atoms with Crippen molar-refractivity contribution in [3.8, 4) is 17.2 Å². The lowest BCUT2D eigenvalue weighted by Gasteiger charge is -2.32. The number of imidazole rings is 1. The zero-order valence-electron chi connectivity index (χ0n) is 20.6. The SMILES string of the molecule is CCOC(=O)C1=C(c2ccc(OC)cc2)Nc2nc3ccccc3n2C1c1ccc(OC)cc1OC. The summed E-state index contributed by atoms with van der Waals surface area (Å²) in [6.45, 7) is 2.03. The predicted octanol–water partition coefficient (Wildman–Crippen LogP) is 5.05. The second-order valence-corrected chi connectivity index (χ2v) is 8.17. The van der Waals surface area contributed by atoms with Gasteiger partial charge in [0.15, 0.2) is 0 Å². The van der Waals surface area contributed by atoms with Crippen LogP contribution in [-0.4, -0.2) is 43.5 Å². The van der Waals surface area contributed by atoms with Crippen molar-refractivity contribution >= 4 is 28.6 Å². The standard InChI is InChI=1S/C28H27N3O5/c1-5-36-27(32)24-25(17-10-12-18(33-2)13-11-17)30-28-29-21-8-6-7-9-22(21)31(28)26(24)20-15-14-19(34-3)16-23(20)35-4/h6-16,26H,5H2,1-4H3,(H,29,30). The van der Waals surface area contributed by atoms with Crippen molar-refractivity contribution in [3.63, 3.8) is 0 Å². The summed E-state index contributed by atoms with van der Waals surface area (Å²) in [6.07, 6.45) is 0. The zero-order chi connectivity index (χ0) is 25.2. The van der Waals surface area contributed by atoms with Crippen molar-refractivity contribution in [2.24, 2.45) is 0 Å². The first-order valence-corrected chi connectivity index (χ1v) is 11.6. The van der Waals surface area contributed by atoms with E-state index in [0.29, 0.717) is 34.5 Å². The Labute approximate surface area is 209 Å². The largest absolute Gasteiger partial charge is 0.497 e. The van der Waals surface area contributed by atoms with Crippen molar-refractivity contribution in [2.45, 2.75) is 13.0 Å². The van der Waals surface area contributed by atoms with Crippen LogP contribution in [0.5, 0.6) is 17.2 Å². The number of fused-ring (bicyclic) bond motifs is 3. The number of carbonyl (C=O) groups is 1. The summed E-state index contributed by atoms with van der Waals surface area (Å²) >= 11 is 0. The molecular weight excluding hydrogens is 458 g/mol. The molecule has 0 fully saturated rings. The monoisotopic (exact) mass is 485 g/mol. The van der Waals surface area contributed by atoms with Crippen molar-refractivity contribution in [1.29, 1.82) is 0 Å². The highest BCUT2D eigenvalue weighted by Crippen LogP contribution is 2.45. The van der Waals surface area contributed by atoms with Gasteiger partial charge in [-0.05, 0) is 61.0 Å². The lowest BCUT2D eigenvalue weighted by Crippen LogP contribution is -2.29. The molecule has 4 aromatic rings. The van der Waals surface area contributed by atoms with Crippen molar-refractivity contribution in [1.82, 2.24) is 9.55 Å². The van der Waals surface area contributed by atoms with Gasteiger partial charge in [0.05, 0.1) is 50.2 Å². The van der Waals surface area contributed by atoms with Crippen LogP contribution in [0.3, 0.4) is 0 Å². The summed E-state index contributed by atoms with van der Waals surface area (Å²) in [4.78, 5) is 18.5. The predicted molar refractivity (Wildman–Crippen MR) is 138 cm³/mol. The lowest BCUT2D eigenvalue weighted by molar-refractivity contribution is -0.138. The van der Waals surface area contributed by atoms with E-state index in [1.54, 1.807) is 28.3 Å². The number of esters is 1. The van der Waals surface area contributed by atoms with Crippen molar-refractivity contribution in [3.05, 3.63) is 83.4 Å². The van der Waals surface area contributed by atoms with Gasteiger partial charge in [0.2, 0.25) is 5.95 Å². The number of nitrogens with zero attached hydrogens (tertiary/aromatic N) is 2. The zero-order valence-corrected chi connectivity index (χ0v) is 20.6. The molecule has 0 spiro atoms. The Morgan fingerprint density at radius 2 is 1.67 bits per heavy atom. The van der Waals surface area contributed by atoms with Crippen LogP contribution in [0.15, 0.2) is 72.3 Å². The molecular formula is C28H27N3O5. The number of ether oxygens (including phenoxy) is 4. The van der Waals surface area contributed by atoms with Gasteiger partial charge in [-0.3, -0.25) is 4.57 Å². The van der Waals surface area contributed by atoms with Crippen LogP contribution in [0.1, 0.15) is 24.1 Å². The van der Waals surface area contributed by atoms with Gasteiger partial charge in [0.25, 0.3) is 0 Å². The Morgan fingerprint density at radius 1 is 0.944 bits per heavy atom. The number of para-hydroxylation sites is 2. The van der Waals surface area contributed by atoms with Gasteiger partial charge in [0, 0.05) is 11.6 Å². The number of carbonyl (C=O) groups excluding carboxylic acids is 1. The highest BCUT2D eigenvalue weighted by molar-refractivity contribution is 6.03. The van der Waals surface area contributed by atoms with E-state index in [1.165, 1.54) is 0 Å². The lowest BCUT2D eigenvalue weighted by atomic mass is 9.91. The van der Waals surface area contributed by atoms with Crippen molar-refractivity contribution in [2.75, 3.05) is 33.3 Å². The highest BCUT2D eigenvalue weighted by Gasteiger charge is 2.38. The molecule has 0 radical (unpaired) electrons. The molecule has 0 bridgehead atoms. The third-order valence-corrected chi connectivity index (χ3v) is 6.24. The molecule has 8 heteroatoms. The first kappa shape index (κ1) is 23.3. The number of benzene rings is 3. The van der Waals surface area contributed by atoms with Crippen LogP contribution in [0, 0.1) is 0 Å². The normalized spacial score (nSPS) is 14.7. The fraction of sp³-hybridized carbons (Fsp3) is 0.214. The molecule has 0 aliphatic carbocycles. The first-order valence-electron chi connectivity index (χ1n) is 11.6. The maximum Gasteiger partial charge on any atom is 0.338 e. The molecule has 0 saturated heterocycles. The molecule has 0 amide bonds. The van der Waals surface area contributed by atoms with E-state index >= 15 is 0 Å². The second-order valence-electron chi connectivity index (χ2n) is 8.17. The number of methoxy groups -OCH3 is 3. The van der Waals surface area contributed by atoms with Gasteiger partial charge in [-0.15, -0.1) is 0 Å². The number of rotatable bonds is 7. The van der Waals surface area contributed by atoms with E-state index < -0.39 is 12.0 Å². The molecule has 1 atom stereocenters. The molecule has 184 valence electrons. The smallest absolute Gasteiger partial charge is 0.338 e. The molecule has 8 nitrogen and oxygen atoms in total. The van der Waals surface area contributed by atoms with Crippen LogP contribution >= 0.6 is 0 Å². The van der Waals surface area contributed by atoms with Gasteiger partial charge in [-0.25, -0.2) is 9.78 Å². The highest BCUT2D eigenvalue weighted by atomic mass is 16.5. The van der Waals surface area contributed by atoms with E-state index in [0.717, 1.165) is 22.2 Å². The molecule has 0 saturated carbocycles. The molecule has 5 rings (SSSR count). The summed E-state index contributed by atoms with van der Waals surface area (Å²) in [5, 5.41) is 3.41. The second kappa shape index (κ2) is 9.65. The van der Waals surface area contributed by atoms with E-state index in [4.69, 9.17) is 23.9 Å². The molecule has 1 unspecified atom stereocenters. The Balaban J connectivity index is 1.83. The fourth-order valence-electron chi connectivity index (χ4n) is 4.59. The van der Waals surface area contributed by atoms with Crippen LogP contribution in [0.25, 0.3) is 16.7 Å². The number of nitrogens with one attached hydrogen (secondary N) is 1. The summed E-state index contributed by atoms with van der Waals surface area (Å²) in [5.41, 5.74) is 4.31. The van der Waals surface area contributed by atoms with E-state index in [-0.39, 0.29) is 6.61 Å². The number of anilines is 1. The maximum atomic E-state index is 13.6. The van der Waals surface area contributed by atoms with Gasteiger partial charge in [-0.1, -0.05) is 12.1 Å². The molecule has 2 heterocycles. The van der Waals surface area contributed by atoms with E-state index in [9.17, 15) is 4.79 Å². The molecule has 1 N–H and O–H groups in total. The maximum absolute atomic E-state index is 13.6. The summed E-state index contributed by atoms with van der Waals surface area (Å²) in [5.74, 6) is 2.13. The van der Waals surface area contributed by atoms with Crippen molar-refractivity contribution < 1.29 is 23.7 Å². The summed E-state index contributed by atoms with van der Waals surface area (Å²) in [7, 11) is 4.82. The number of hydrogen-bond donors (Lipinski definition) is 1. The van der Waals surface area contributed by atoms with Crippen LogP contribution < -0.4 is 19.5 Å². The number of hydrogen-bond acceptors (Lipinski definition) is 7. The fourth-order valence-corrected chi connectivity index (χ4v) is 4.59. The Hall–Kier alpha value is -4.46. The minimum Gasteiger partial charge on any atom is -0.497 e. The third-order valence-electron chi connectivity index (χ3n) is 6.24. The molecule has 36 heavy (non-hydrogen) atoms. The minimum atomic E-state index is -0.578. The minimum absolute atomic E-state index is 0.238. The summed E-state index contributed by atoms with van der Waals surface area (Å²) in [6, 6.07) is 20.3. The summed E-state index contributed by atoms with van der Waals surface area (Å²) < 4.78 is 24.1. The topological polar surface area (TPSA) is 83.8 Å². The van der Waals surface area contributed by atoms with Gasteiger partial charge in [0.1, 0.15) is 23.3 Å².